The van der Waals surface area contributed by atoms with E-state index >= 15 is 0 Å². The summed E-state index contributed by atoms with van der Waals surface area (Å²) in [6, 6.07) is 7.11. The monoisotopic (exact) mass is 434 g/mol. The number of aryl methyl sites for hydroxylation is 1. The van der Waals surface area contributed by atoms with Crippen LogP contribution in [0, 0.1) is 24.7 Å². The SMILES string of the molecule is Cc1cccc(N2CCN(c3ncnc(N4CC5(C)CC4CC(C)(C)C5)c3N)CC2)c1C. The van der Waals surface area contributed by atoms with Crippen LogP contribution in [-0.2, 0) is 0 Å². The number of rotatable bonds is 3. The Labute approximate surface area is 192 Å². The highest BCUT2D eigenvalue weighted by Crippen LogP contribution is 2.54. The Morgan fingerprint density at radius 2 is 1.62 bits per heavy atom. The molecule has 5 rings (SSSR count). The first-order chi connectivity index (χ1) is 15.2. The average Bonchev–Trinajstić information content (AvgIpc) is 2.99. The van der Waals surface area contributed by atoms with Gasteiger partial charge in [0.2, 0.25) is 0 Å². The molecule has 0 radical (unpaired) electrons. The van der Waals surface area contributed by atoms with Gasteiger partial charge in [0.15, 0.2) is 11.6 Å². The summed E-state index contributed by atoms with van der Waals surface area (Å²) in [6.07, 6.45) is 5.43. The predicted octanol–water partition coefficient (Wildman–Crippen LogP) is 4.41. The number of anilines is 4. The van der Waals surface area contributed by atoms with Gasteiger partial charge in [0.1, 0.15) is 12.0 Å². The third-order valence-corrected chi connectivity index (χ3v) is 8.02. The van der Waals surface area contributed by atoms with Crippen molar-refractivity contribution in [3.05, 3.63) is 35.7 Å². The largest absolute Gasteiger partial charge is 0.393 e. The van der Waals surface area contributed by atoms with Gasteiger partial charge < -0.3 is 20.4 Å². The van der Waals surface area contributed by atoms with Crippen LogP contribution in [0.3, 0.4) is 0 Å². The molecule has 1 aliphatic carbocycles. The summed E-state index contributed by atoms with van der Waals surface area (Å²) in [7, 11) is 0. The Balaban J connectivity index is 1.35. The lowest BCUT2D eigenvalue weighted by Crippen LogP contribution is -2.47. The van der Waals surface area contributed by atoms with E-state index in [2.05, 4.69) is 72.5 Å². The molecule has 2 bridgehead atoms. The van der Waals surface area contributed by atoms with Crippen LogP contribution in [0.5, 0.6) is 0 Å². The van der Waals surface area contributed by atoms with Gasteiger partial charge in [-0.25, -0.2) is 9.97 Å². The van der Waals surface area contributed by atoms with E-state index in [1.165, 1.54) is 36.1 Å². The normalized spacial score (nSPS) is 27.2. The van der Waals surface area contributed by atoms with Crippen LogP contribution < -0.4 is 20.4 Å². The molecule has 172 valence electrons. The molecule has 1 aromatic heterocycles. The highest BCUT2D eigenvalue weighted by molar-refractivity contribution is 5.76. The zero-order valence-corrected chi connectivity index (χ0v) is 20.4. The number of hydrogen-bond acceptors (Lipinski definition) is 6. The van der Waals surface area contributed by atoms with Crippen LogP contribution in [0.1, 0.15) is 51.2 Å². The van der Waals surface area contributed by atoms with Gasteiger partial charge in [0, 0.05) is 44.5 Å². The Kier molecular flexibility index (Phi) is 5.02. The number of piperazine rings is 1. The second-order valence-electron chi connectivity index (χ2n) is 11.5. The minimum atomic E-state index is 0.348. The van der Waals surface area contributed by atoms with Gasteiger partial charge in [0.25, 0.3) is 0 Å². The second-order valence-corrected chi connectivity index (χ2v) is 11.5. The van der Waals surface area contributed by atoms with Crippen molar-refractivity contribution in [2.75, 3.05) is 53.2 Å². The van der Waals surface area contributed by atoms with Crippen molar-refractivity contribution in [2.45, 2.75) is 59.9 Å². The number of nitrogens with zero attached hydrogens (tertiary/aromatic N) is 5. The first kappa shape index (κ1) is 21.4. The maximum absolute atomic E-state index is 6.76. The molecule has 2 aliphatic heterocycles. The molecule has 3 heterocycles. The lowest BCUT2D eigenvalue weighted by atomic mass is 9.65. The van der Waals surface area contributed by atoms with Gasteiger partial charge in [-0.3, -0.25) is 0 Å². The third-order valence-electron chi connectivity index (χ3n) is 8.02. The lowest BCUT2D eigenvalue weighted by molar-refractivity contribution is 0.136. The van der Waals surface area contributed by atoms with Gasteiger partial charge in [-0.1, -0.05) is 32.9 Å². The first-order valence-corrected chi connectivity index (χ1v) is 12.1. The van der Waals surface area contributed by atoms with Gasteiger partial charge >= 0.3 is 0 Å². The molecule has 2 N–H and O–H groups in total. The van der Waals surface area contributed by atoms with Crippen LogP contribution in [0.15, 0.2) is 24.5 Å². The van der Waals surface area contributed by atoms with Crippen molar-refractivity contribution in [2.24, 2.45) is 10.8 Å². The van der Waals surface area contributed by atoms with Gasteiger partial charge in [0.05, 0.1) is 0 Å². The molecule has 2 atom stereocenters. The van der Waals surface area contributed by atoms with Crippen molar-refractivity contribution in [3.8, 4) is 0 Å². The second kappa shape index (κ2) is 7.53. The minimum Gasteiger partial charge on any atom is -0.393 e. The minimum absolute atomic E-state index is 0.348. The Morgan fingerprint density at radius 1 is 0.938 bits per heavy atom. The standard InChI is InChI=1S/C26H38N6/c1-18-7-6-8-21(19(18)2)30-9-11-31(12-10-30)23-22(27)24(29-17-28-23)32-16-26(5)14-20(32)13-25(3,4)15-26/h6-8,17,20H,9-16,27H2,1-5H3. The summed E-state index contributed by atoms with van der Waals surface area (Å²) >= 11 is 0. The average molecular weight is 435 g/mol. The van der Waals surface area contributed by atoms with Gasteiger partial charge in [-0.2, -0.15) is 0 Å². The molecule has 1 saturated carbocycles. The fourth-order valence-corrected chi connectivity index (χ4v) is 6.80. The molecule has 6 heteroatoms. The highest BCUT2D eigenvalue weighted by Gasteiger charge is 2.50. The lowest BCUT2D eigenvalue weighted by Gasteiger charge is -2.40. The molecular formula is C26H38N6. The summed E-state index contributed by atoms with van der Waals surface area (Å²) in [6.45, 7) is 16.5. The van der Waals surface area contributed by atoms with Crippen molar-refractivity contribution in [3.63, 3.8) is 0 Å². The zero-order valence-electron chi connectivity index (χ0n) is 20.4. The van der Waals surface area contributed by atoms with E-state index in [1.54, 1.807) is 6.33 Å². The number of nitrogens with two attached hydrogens (primary N) is 1. The van der Waals surface area contributed by atoms with Crippen LogP contribution in [-0.4, -0.2) is 48.7 Å². The van der Waals surface area contributed by atoms with Gasteiger partial charge in [-0.15, -0.1) is 0 Å². The summed E-state index contributed by atoms with van der Waals surface area (Å²) in [5.41, 5.74) is 12.3. The fraction of sp³-hybridized carbons (Fsp3) is 0.615. The smallest absolute Gasteiger partial charge is 0.157 e. The van der Waals surface area contributed by atoms with Crippen molar-refractivity contribution >= 4 is 23.0 Å². The van der Waals surface area contributed by atoms with E-state index in [-0.39, 0.29) is 0 Å². The van der Waals surface area contributed by atoms with E-state index in [4.69, 9.17) is 10.7 Å². The predicted molar refractivity (Wildman–Crippen MR) is 134 cm³/mol. The number of hydrogen-bond donors (Lipinski definition) is 1. The van der Waals surface area contributed by atoms with Crippen LogP contribution in [0.25, 0.3) is 0 Å². The van der Waals surface area contributed by atoms with E-state index < -0.39 is 0 Å². The van der Waals surface area contributed by atoms with Crippen LogP contribution in [0.4, 0.5) is 23.0 Å². The summed E-state index contributed by atoms with van der Waals surface area (Å²) in [5, 5.41) is 0. The van der Waals surface area contributed by atoms with Gasteiger partial charge in [-0.05, 0) is 61.1 Å². The molecule has 2 aromatic rings. The molecule has 1 aromatic carbocycles. The Morgan fingerprint density at radius 3 is 2.38 bits per heavy atom. The van der Waals surface area contributed by atoms with Crippen molar-refractivity contribution in [1.29, 1.82) is 0 Å². The van der Waals surface area contributed by atoms with Crippen molar-refractivity contribution in [1.82, 2.24) is 9.97 Å². The topological polar surface area (TPSA) is 61.5 Å². The summed E-state index contributed by atoms with van der Waals surface area (Å²) in [4.78, 5) is 16.7. The molecule has 2 saturated heterocycles. The summed E-state index contributed by atoms with van der Waals surface area (Å²) in [5.74, 6) is 1.85. The molecule has 0 spiro atoms. The fourth-order valence-electron chi connectivity index (χ4n) is 6.80. The number of benzene rings is 1. The van der Waals surface area contributed by atoms with E-state index in [1.807, 2.05) is 0 Å². The number of aromatic nitrogens is 2. The Bertz CT molecular complexity index is 1010. The van der Waals surface area contributed by atoms with E-state index in [0.29, 0.717) is 16.9 Å². The quantitative estimate of drug-likeness (QED) is 0.772. The molecule has 6 nitrogen and oxygen atoms in total. The maximum atomic E-state index is 6.76. The molecule has 3 fully saturated rings. The molecule has 2 unspecified atom stereocenters. The van der Waals surface area contributed by atoms with Crippen LogP contribution >= 0.6 is 0 Å². The Hall–Kier alpha value is -2.50. The molecule has 3 aliphatic rings. The van der Waals surface area contributed by atoms with E-state index in [0.717, 1.165) is 50.0 Å². The third kappa shape index (κ3) is 3.67. The highest BCUT2D eigenvalue weighted by atomic mass is 15.3. The first-order valence-electron chi connectivity index (χ1n) is 12.1. The maximum Gasteiger partial charge on any atom is 0.157 e. The molecule has 0 amide bonds. The number of nitrogen functional groups attached to an aromatic ring is 1. The number of fused-ring (bicyclic) bond motifs is 2. The van der Waals surface area contributed by atoms with Crippen LogP contribution in [0.2, 0.25) is 0 Å². The van der Waals surface area contributed by atoms with E-state index in [9.17, 15) is 0 Å². The molecular weight excluding hydrogens is 396 g/mol. The summed E-state index contributed by atoms with van der Waals surface area (Å²) < 4.78 is 0. The van der Waals surface area contributed by atoms with Crippen molar-refractivity contribution < 1.29 is 0 Å². The zero-order chi connectivity index (χ0) is 22.7. The molecule has 32 heavy (non-hydrogen) atoms.